The molecule has 28 heteroatoms. The number of hydrogen-bond acceptors (Lipinski definition) is 22. The van der Waals surface area contributed by atoms with Gasteiger partial charge < -0.3 is 94.7 Å². The number of nitrogens with zero attached hydrogens (tertiary/aromatic N) is 8. The third-order valence-corrected chi connectivity index (χ3v) is 19.3. The van der Waals surface area contributed by atoms with Crippen molar-refractivity contribution in [2.24, 2.45) is 5.73 Å². The lowest BCUT2D eigenvalue weighted by molar-refractivity contribution is -0.494. The van der Waals surface area contributed by atoms with Crippen molar-refractivity contribution in [3.8, 4) is 23.0 Å². The number of aromatic nitrogens is 6. The molecule has 12 N–H and O–H groups in total. The highest BCUT2D eigenvalue weighted by Gasteiger charge is 2.44. The molecule has 8 aromatic rings. The Bertz CT molecular complexity index is 3780. The van der Waals surface area contributed by atoms with Crippen LogP contribution in [0.1, 0.15) is 127 Å². The number of carboxylic acids is 2. The topological polar surface area (TPSA) is 376 Å². The van der Waals surface area contributed by atoms with E-state index in [-0.39, 0.29) is 50.6 Å². The molecule has 6 aliphatic rings. The average molecular weight is 1410 g/mol. The van der Waals surface area contributed by atoms with Gasteiger partial charge in [0.1, 0.15) is 42.9 Å². The number of aromatic carboxylic acids is 2. The number of imidazole rings is 2. The van der Waals surface area contributed by atoms with Crippen LogP contribution in [-0.4, -0.2) is 189 Å². The summed E-state index contributed by atoms with van der Waals surface area (Å²) < 4.78 is 41.1. The third kappa shape index (κ3) is 16.9. The highest BCUT2D eigenvalue weighted by molar-refractivity contribution is 6.30. The fraction of sp³-hybridized carbons (Fsp3) is 0.465. The molecular weight excluding hydrogens is 1320 g/mol. The minimum atomic E-state index is -1.21. The molecule has 0 amide bonds. The number of piperidine rings is 2. The van der Waals surface area contributed by atoms with E-state index >= 15 is 0 Å². The smallest absolute Gasteiger partial charge is 0.335 e. The quantitative estimate of drug-likeness (QED) is 0.0479. The molecule has 99 heavy (non-hydrogen) atoms. The summed E-state index contributed by atoms with van der Waals surface area (Å²) in [5.74, 6) is 1.44. The summed E-state index contributed by atoms with van der Waals surface area (Å²) in [6.07, 6.45) is 9.36. The summed E-state index contributed by atoms with van der Waals surface area (Å²) in [5.41, 5.74) is 13.7. The van der Waals surface area contributed by atoms with Gasteiger partial charge in [-0.3, -0.25) is 19.8 Å². The Labute approximate surface area is 583 Å². The largest absolute Gasteiger partial charge is 0.545 e. The van der Waals surface area contributed by atoms with Gasteiger partial charge in [-0.25, -0.2) is 14.8 Å². The van der Waals surface area contributed by atoms with Crippen LogP contribution >= 0.6 is 23.2 Å². The number of ether oxygens (including phenoxy) is 6. The first-order valence-corrected chi connectivity index (χ1v) is 33.5. The second-order valence-electron chi connectivity index (χ2n) is 26.1. The molecular formula is C71H88Cl2N10O16. The molecule has 0 saturated carbocycles. The highest BCUT2D eigenvalue weighted by atomic mass is 35.5. The molecule has 0 radical (unpaired) electrons. The molecule has 14 rings (SSSR count). The Hall–Kier alpha value is -7.64. The molecule has 6 aliphatic heterocycles. The van der Waals surface area contributed by atoms with E-state index in [0.29, 0.717) is 59.4 Å². The molecule has 0 aliphatic carbocycles. The van der Waals surface area contributed by atoms with E-state index in [1.807, 2.05) is 50.2 Å². The molecule has 4 fully saturated rings. The first kappa shape index (κ1) is 74.1. The van der Waals surface area contributed by atoms with Gasteiger partial charge in [0, 0.05) is 50.6 Å². The van der Waals surface area contributed by atoms with Crippen molar-refractivity contribution in [1.29, 1.82) is 0 Å². The van der Waals surface area contributed by atoms with Crippen LogP contribution in [0.15, 0.2) is 109 Å². The summed E-state index contributed by atoms with van der Waals surface area (Å²) >= 11 is 12.1. The Kier molecular flexibility index (Phi) is 23.9. The minimum absolute atomic E-state index is 0. The zero-order valence-corrected chi connectivity index (χ0v) is 56.2. The summed E-state index contributed by atoms with van der Waals surface area (Å²) in [6.45, 7) is 9.56. The zero-order valence-electron chi connectivity index (χ0n) is 54.7. The van der Waals surface area contributed by atoms with Crippen LogP contribution in [0.2, 0.25) is 10.0 Å². The molecule has 0 spiro atoms. The maximum Gasteiger partial charge on any atom is 0.335 e. The van der Waals surface area contributed by atoms with E-state index < -0.39 is 54.4 Å². The number of likely N-dealkylation sites (tertiary alicyclic amines) is 2. The fourth-order valence-electron chi connectivity index (χ4n) is 12.5. The van der Waals surface area contributed by atoms with Crippen LogP contribution in [0.4, 0.5) is 0 Å². The maximum atomic E-state index is 11.6. The van der Waals surface area contributed by atoms with Crippen LogP contribution in [0, 0.1) is 0 Å². The molecule has 0 bridgehead atoms. The first-order valence-electron chi connectivity index (χ1n) is 32.8. The van der Waals surface area contributed by atoms with Crippen molar-refractivity contribution in [3.05, 3.63) is 165 Å². The van der Waals surface area contributed by atoms with Crippen LogP contribution in [0.3, 0.4) is 0 Å². The lowest BCUT2D eigenvalue weighted by Gasteiger charge is -2.33. The van der Waals surface area contributed by atoms with Crippen molar-refractivity contribution < 1.29 is 84.6 Å². The Morgan fingerprint density at radius 2 is 1.00 bits per heavy atom. The number of carboxylic acid groups (broad SMARTS) is 2. The van der Waals surface area contributed by atoms with E-state index in [4.69, 9.17) is 98.0 Å². The second kappa shape index (κ2) is 31.9. The number of halogens is 2. The third-order valence-electron chi connectivity index (χ3n) is 18.8. The van der Waals surface area contributed by atoms with Gasteiger partial charge in [-0.2, -0.15) is 0 Å². The Morgan fingerprint density at radius 3 is 1.32 bits per heavy atom. The molecule has 10 heterocycles. The summed E-state index contributed by atoms with van der Waals surface area (Å²) in [4.78, 5) is 46.7. The number of aliphatic hydroxyl groups excluding tert-OH is 6. The van der Waals surface area contributed by atoms with E-state index in [9.17, 15) is 19.8 Å². The van der Waals surface area contributed by atoms with Gasteiger partial charge in [-0.1, -0.05) is 61.0 Å². The van der Waals surface area contributed by atoms with Gasteiger partial charge in [0.15, 0.2) is 28.5 Å². The molecule has 532 valence electrons. The molecule has 4 aromatic heterocycles. The van der Waals surface area contributed by atoms with Gasteiger partial charge in [0.2, 0.25) is 0 Å². The van der Waals surface area contributed by atoms with Crippen molar-refractivity contribution >= 4 is 57.2 Å². The molecule has 4 saturated heterocycles. The van der Waals surface area contributed by atoms with Gasteiger partial charge in [-0.15, -0.1) is 0 Å². The SMILES string of the molecule is C.CC1(c2ccc(Cl)cn2)Oc2cccc(C3CCN(Cc4nc5ccc(C(=O)O)cc5n4C[C@@H]4CCO4)CC3)c2O1.CC1(c2ccc(Cl)cn2)Oc2cccc(C3CCN(Cc4nc5ccc(C(=O)[O-])cc5n4C[C@@H]4CCO4)CC3)c2O1.NC(CO)(CO)CO.[NH3+]C(CO)(CO)CO. The van der Waals surface area contributed by atoms with E-state index in [0.717, 1.165) is 146 Å². The lowest BCUT2D eigenvalue weighted by Crippen LogP contribution is -2.78. The van der Waals surface area contributed by atoms with Crippen molar-refractivity contribution in [1.82, 2.24) is 38.9 Å². The minimum Gasteiger partial charge on any atom is -0.545 e. The molecule has 4 atom stereocenters. The van der Waals surface area contributed by atoms with Gasteiger partial charge >= 0.3 is 5.97 Å². The summed E-state index contributed by atoms with van der Waals surface area (Å²) in [6, 6.07) is 29.6. The van der Waals surface area contributed by atoms with E-state index in [1.54, 1.807) is 60.9 Å². The molecule has 26 nitrogen and oxygen atoms in total. The number of rotatable bonds is 20. The van der Waals surface area contributed by atoms with Gasteiger partial charge in [0.05, 0.1) is 107 Å². The van der Waals surface area contributed by atoms with Crippen LogP contribution in [-0.2, 0) is 47.2 Å². The van der Waals surface area contributed by atoms with Crippen LogP contribution in [0.5, 0.6) is 23.0 Å². The molecule has 4 aromatic carbocycles. The van der Waals surface area contributed by atoms with Crippen LogP contribution in [0.25, 0.3) is 22.1 Å². The first-order chi connectivity index (χ1) is 47.1. The standard InChI is InChI=1S/2C31H31ClN4O5.2C4H11NO3.CH4/c2*1-31(27-8-6-21(32)16-33-27)40-26-4-2-3-23(29(26)41-31)19-9-12-35(13-10-19)18-28-34-24-7-5-20(30(37)38)15-25(24)36(28)17-22-11-14-39-22;2*5-4(1-6,2-7)3-8;/h2*2-8,15-16,19,22H,9-14,17-18H2,1H3,(H,37,38);2*6-8H,1-3,5H2;1H4/t2*22-,31?;;;/m00.../s1. The Morgan fingerprint density at radius 1 is 0.596 bits per heavy atom. The predicted molar refractivity (Wildman–Crippen MR) is 364 cm³/mol. The van der Waals surface area contributed by atoms with E-state index in [2.05, 4.69) is 46.8 Å². The van der Waals surface area contributed by atoms with Crippen molar-refractivity contribution in [3.63, 3.8) is 0 Å². The number of fused-ring (bicyclic) bond motifs is 4. The van der Waals surface area contributed by atoms with Crippen molar-refractivity contribution in [2.45, 2.75) is 133 Å². The Balaban J connectivity index is 0.000000174. The van der Waals surface area contributed by atoms with Crippen LogP contribution < -0.4 is 35.5 Å². The second-order valence-corrected chi connectivity index (χ2v) is 27.0. The number of para-hydroxylation sites is 2. The zero-order chi connectivity index (χ0) is 69.5. The highest BCUT2D eigenvalue weighted by Crippen LogP contribution is 2.51. The summed E-state index contributed by atoms with van der Waals surface area (Å²) in [7, 11) is 0. The number of aliphatic hydroxyl groups is 6. The number of pyridine rings is 2. The predicted octanol–water partition coefficient (Wildman–Crippen LogP) is 5.10. The number of hydrogen-bond donors (Lipinski definition) is 9. The van der Waals surface area contributed by atoms with Crippen molar-refractivity contribution in [2.75, 3.05) is 79.0 Å². The normalized spacial score (nSPS) is 20.7. The van der Waals surface area contributed by atoms with Gasteiger partial charge in [0.25, 0.3) is 11.6 Å². The lowest BCUT2D eigenvalue weighted by atomic mass is 9.88. The number of benzene rings is 4. The van der Waals surface area contributed by atoms with Gasteiger partial charge in [-0.05, 0) is 149 Å². The number of carbonyl (C=O) groups excluding carboxylic acids is 1. The number of carbonyl (C=O) groups is 2. The number of nitrogens with two attached hydrogens (primary N) is 1. The summed E-state index contributed by atoms with van der Waals surface area (Å²) in [5, 5.41) is 72.4. The average Bonchev–Trinajstić information content (AvgIpc) is 1.63. The molecule has 2 unspecified atom stereocenters. The monoisotopic (exact) mass is 1410 g/mol. The number of quaternary nitrogens is 1. The van der Waals surface area contributed by atoms with E-state index in [1.165, 1.54) is 0 Å². The fourth-order valence-corrected chi connectivity index (χ4v) is 12.7. The maximum absolute atomic E-state index is 11.6.